The van der Waals surface area contributed by atoms with Crippen LogP contribution in [0.3, 0.4) is 0 Å². The quantitative estimate of drug-likeness (QED) is 0.842. The number of nitrogens with zero attached hydrogens (tertiary/aromatic N) is 3. The van der Waals surface area contributed by atoms with Crippen molar-refractivity contribution in [1.82, 2.24) is 20.1 Å². The highest BCUT2D eigenvalue weighted by Gasteiger charge is 2.07. The van der Waals surface area contributed by atoms with E-state index in [9.17, 15) is 0 Å². The van der Waals surface area contributed by atoms with Crippen molar-refractivity contribution in [1.29, 1.82) is 0 Å². The first-order valence-electron chi connectivity index (χ1n) is 7.47. The number of aromatic nitrogens is 3. The maximum atomic E-state index is 4.56. The van der Waals surface area contributed by atoms with Crippen molar-refractivity contribution in [3.63, 3.8) is 0 Å². The van der Waals surface area contributed by atoms with E-state index >= 15 is 0 Å². The van der Waals surface area contributed by atoms with Crippen LogP contribution in [0.2, 0.25) is 0 Å². The van der Waals surface area contributed by atoms with E-state index in [4.69, 9.17) is 0 Å². The molecule has 0 bridgehead atoms. The fraction of sp³-hybridized carbons (Fsp3) is 0.500. The van der Waals surface area contributed by atoms with Crippen molar-refractivity contribution in [3.05, 3.63) is 47.0 Å². The van der Waals surface area contributed by atoms with Crippen molar-refractivity contribution in [2.75, 3.05) is 6.54 Å². The van der Waals surface area contributed by atoms with Crippen molar-refractivity contribution in [2.24, 2.45) is 0 Å². The van der Waals surface area contributed by atoms with Gasteiger partial charge in [-0.1, -0.05) is 45.0 Å². The predicted molar refractivity (Wildman–Crippen MR) is 81.7 cm³/mol. The van der Waals surface area contributed by atoms with Crippen LogP contribution in [0.25, 0.3) is 0 Å². The van der Waals surface area contributed by atoms with Crippen molar-refractivity contribution in [2.45, 2.75) is 46.7 Å². The van der Waals surface area contributed by atoms with E-state index in [0.717, 1.165) is 44.1 Å². The van der Waals surface area contributed by atoms with E-state index < -0.39 is 0 Å². The van der Waals surface area contributed by atoms with Gasteiger partial charge in [-0.05, 0) is 17.7 Å². The Labute approximate surface area is 121 Å². The molecule has 0 aliphatic heterocycles. The second kappa shape index (κ2) is 7.20. The number of hydrogen-bond donors (Lipinski definition) is 1. The van der Waals surface area contributed by atoms with Crippen molar-refractivity contribution < 1.29 is 0 Å². The van der Waals surface area contributed by atoms with Crippen LogP contribution in [0, 0.1) is 0 Å². The maximum Gasteiger partial charge on any atom is 0.150 e. The molecule has 0 spiro atoms. The number of aryl methyl sites for hydroxylation is 2. The molecule has 2 aromatic rings. The fourth-order valence-corrected chi connectivity index (χ4v) is 2.17. The van der Waals surface area contributed by atoms with E-state index in [2.05, 4.69) is 60.4 Å². The molecule has 1 aromatic heterocycles. The van der Waals surface area contributed by atoms with Crippen LogP contribution in [0.1, 0.15) is 43.5 Å². The van der Waals surface area contributed by atoms with Crippen LogP contribution in [0.5, 0.6) is 0 Å². The molecular formula is C16H24N4. The van der Waals surface area contributed by atoms with Crippen LogP contribution in [0.15, 0.2) is 24.3 Å². The molecule has 4 heteroatoms. The van der Waals surface area contributed by atoms with Gasteiger partial charge in [0.05, 0.1) is 6.54 Å². The van der Waals surface area contributed by atoms with E-state index in [1.165, 1.54) is 11.1 Å². The lowest BCUT2D eigenvalue weighted by Gasteiger charge is -2.06. The molecule has 20 heavy (non-hydrogen) atoms. The Kier molecular flexibility index (Phi) is 5.30. The summed E-state index contributed by atoms with van der Waals surface area (Å²) in [6, 6.07) is 8.72. The lowest BCUT2D eigenvalue weighted by atomic mass is 10.1. The minimum Gasteiger partial charge on any atom is -0.313 e. The molecule has 0 aliphatic rings. The Morgan fingerprint density at radius 2 is 1.70 bits per heavy atom. The molecular weight excluding hydrogens is 248 g/mol. The maximum absolute atomic E-state index is 4.56. The summed E-state index contributed by atoms with van der Waals surface area (Å²) in [7, 11) is 0. The van der Waals surface area contributed by atoms with Gasteiger partial charge in [-0.25, -0.2) is 9.67 Å². The Morgan fingerprint density at radius 1 is 1.00 bits per heavy atom. The van der Waals surface area contributed by atoms with Gasteiger partial charge in [0.15, 0.2) is 5.82 Å². The summed E-state index contributed by atoms with van der Waals surface area (Å²) < 4.78 is 2.03. The second-order valence-electron chi connectivity index (χ2n) is 4.91. The lowest BCUT2D eigenvalue weighted by Crippen LogP contribution is -2.11. The zero-order valence-corrected chi connectivity index (χ0v) is 12.7. The molecule has 0 radical (unpaired) electrons. The summed E-state index contributed by atoms with van der Waals surface area (Å²) in [5, 5.41) is 7.90. The van der Waals surface area contributed by atoms with E-state index in [1.54, 1.807) is 0 Å². The molecule has 0 atom stereocenters. The standard InChI is InChI=1S/C16H24N4/c1-4-15-18-16(5-2)20(19-15)12-14-9-7-13(8-10-14)11-17-6-3/h7-10,17H,4-6,11-12H2,1-3H3. The minimum atomic E-state index is 0.803. The smallest absolute Gasteiger partial charge is 0.150 e. The van der Waals surface area contributed by atoms with E-state index in [0.29, 0.717) is 0 Å². The molecule has 108 valence electrons. The van der Waals surface area contributed by atoms with Gasteiger partial charge in [0.25, 0.3) is 0 Å². The molecule has 0 fully saturated rings. The highest BCUT2D eigenvalue weighted by Crippen LogP contribution is 2.09. The van der Waals surface area contributed by atoms with Gasteiger partial charge < -0.3 is 5.32 Å². The summed E-state index contributed by atoms with van der Waals surface area (Å²) in [6.45, 7) is 9.07. The Bertz CT molecular complexity index is 528. The van der Waals surface area contributed by atoms with Gasteiger partial charge in [0.2, 0.25) is 0 Å². The number of nitrogens with one attached hydrogen (secondary N) is 1. The number of benzene rings is 1. The van der Waals surface area contributed by atoms with Gasteiger partial charge in [-0.15, -0.1) is 0 Å². The molecule has 2 rings (SSSR count). The fourth-order valence-electron chi connectivity index (χ4n) is 2.17. The summed E-state index contributed by atoms with van der Waals surface area (Å²) in [6.07, 6.45) is 1.81. The van der Waals surface area contributed by atoms with Gasteiger partial charge in [0, 0.05) is 19.4 Å². The van der Waals surface area contributed by atoms with Crippen LogP contribution < -0.4 is 5.32 Å². The van der Waals surface area contributed by atoms with E-state index in [-0.39, 0.29) is 0 Å². The average Bonchev–Trinajstić information content (AvgIpc) is 2.88. The molecule has 0 aliphatic carbocycles. The molecule has 4 nitrogen and oxygen atoms in total. The highest BCUT2D eigenvalue weighted by molar-refractivity contribution is 5.22. The summed E-state index contributed by atoms with van der Waals surface area (Å²) in [4.78, 5) is 4.54. The lowest BCUT2D eigenvalue weighted by molar-refractivity contribution is 0.636. The number of hydrogen-bond acceptors (Lipinski definition) is 3. The van der Waals surface area contributed by atoms with Crippen molar-refractivity contribution in [3.8, 4) is 0 Å². The third-order valence-electron chi connectivity index (χ3n) is 3.36. The minimum absolute atomic E-state index is 0.803. The van der Waals surface area contributed by atoms with Gasteiger partial charge in [-0.2, -0.15) is 5.10 Å². The van der Waals surface area contributed by atoms with Gasteiger partial charge >= 0.3 is 0 Å². The summed E-state index contributed by atoms with van der Waals surface area (Å²) >= 11 is 0. The molecule has 0 amide bonds. The second-order valence-corrected chi connectivity index (χ2v) is 4.91. The first-order valence-corrected chi connectivity index (χ1v) is 7.47. The van der Waals surface area contributed by atoms with Crippen LogP contribution in [-0.2, 0) is 25.9 Å². The molecule has 1 heterocycles. The Balaban J connectivity index is 2.07. The summed E-state index contributed by atoms with van der Waals surface area (Å²) in [5.41, 5.74) is 2.59. The predicted octanol–water partition coefficient (Wildman–Crippen LogP) is 2.56. The number of rotatable bonds is 7. The first-order chi connectivity index (χ1) is 9.76. The molecule has 0 saturated carbocycles. The first kappa shape index (κ1) is 14.7. The molecule has 0 unspecified atom stereocenters. The third-order valence-corrected chi connectivity index (χ3v) is 3.36. The largest absolute Gasteiger partial charge is 0.313 e. The molecule has 0 saturated heterocycles. The van der Waals surface area contributed by atoms with Gasteiger partial charge in [0.1, 0.15) is 5.82 Å². The summed E-state index contributed by atoms with van der Waals surface area (Å²) in [5.74, 6) is 2.00. The molecule has 1 aromatic carbocycles. The van der Waals surface area contributed by atoms with Gasteiger partial charge in [-0.3, -0.25) is 0 Å². The zero-order valence-electron chi connectivity index (χ0n) is 12.7. The zero-order chi connectivity index (χ0) is 14.4. The monoisotopic (exact) mass is 272 g/mol. The molecule has 1 N–H and O–H groups in total. The highest BCUT2D eigenvalue weighted by atomic mass is 15.3. The van der Waals surface area contributed by atoms with Crippen LogP contribution >= 0.6 is 0 Å². The average molecular weight is 272 g/mol. The Hall–Kier alpha value is -1.68. The van der Waals surface area contributed by atoms with E-state index in [1.807, 2.05) is 4.68 Å². The topological polar surface area (TPSA) is 42.7 Å². The normalized spacial score (nSPS) is 10.9. The Morgan fingerprint density at radius 3 is 2.30 bits per heavy atom. The van der Waals surface area contributed by atoms with Crippen molar-refractivity contribution >= 4 is 0 Å². The van der Waals surface area contributed by atoms with Crippen LogP contribution in [0.4, 0.5) is 0 Å². The SMILES string of the molecule is CCNCc1ccc(Cn2nc(CC)nc2CC)cc1. The third kappa shape index (κ3) is 3.67. The van der Waals surface area contributed by atoms with Crippen LogP contribution in [-0.4, -0.2) is 21.3 Å².